The monoisotopic (exact) mass is 233 g/mol. The Morgan fingerprint density at radius 2 is 2.12 bits per heavy atom. The minimum Gasteiger partial charge on any atom is -0.381 e. The Kier molecular flexibility index (Phi) is 2.27. The lowest BCUT2D eigenvalue weighted by molar-refractivity contribution is 0.697. The number of benzene rings is 1. The van der Waals surface area contributed by atoms with Gasteiger partial charge in [-0.1, -0.05) is 17.7 Å². The van der Waals surface area contributed by atoms with Gasteiger partial charge in [-0.25, -0.2) is 0 Å². The van der Waals surface area contributed by atoms with Crippen LogP contribution >= 0.6 is 11.6 Å². The van der Waals surface area contributed by atoms with E-state index in [9.17, 15) is 0 Å². The van der Waals surface area contributed by atoms with Gasteiger partial charge in [-0.05, 0) is 24.0 Å². The molecule has 1 saturated heterocycles. The van der Waals surface area contributed by atoms with Crippen LogP contribution in [0.3, 0.4) is 0 Å². The quantitative estimate of drug-likeness (QED) is 0.820. The van der Waals surface area contributed by atoms with Crippen LogP contribution in [-0.2, 0) is 0 Å². The van der Waals surface area contributed by atoms with E-state index in [1.165, 1.54) is 0 Å². The van der Waals surface area contributed by atoms with E-state index < -0.39 is 0 Å². The minimum atomic E-state index is 0.520. The van der Waals surface area contributed by atoms with E-state index in [4.69, 9.17) is 16.9 Å². The van der Waals surface area contributed by atoms with Crippen LogP contribution in [-0.4, -0.2) is 19.1 Å². The molecule has 16 heavy (non-hydrogen) atoms. The highest BCUT2D eigenvalue weighted by atomic mass is 35.5. The molecule has 0 bridgehead atoms. The lowest BCUT2D eigenvalue weighted by Gasteiger charge is -2.11. The van der Waals surface area contributed by atoms with Crippen molar-refractivity contribution < 1.29 is 0 Å². The summed E-state index contributed by atoms with van der Waals surface area (Å²) in [4.78, 5) is 0. The molecular formula is C12H12ClN3. The van der Waals surface area contributed by atoms with Crippen LogP contribution in [0.5, 0.6) is 0 Å². The summed E-state index contributed by atoms with van der Waals surface area (Å²) < 4.78 is 0. The first kappa shape index (κ1) is 9.95. The summed E-state index contributed by atoms with van der Waals surface area (Å²) in [6.07, 6.45) is 0. The molecule has 0 aromatic heterocycles. The fourth-order valence-electron chi connectivity index (χ4n) is 2.57. The Morgan fingerprint density at radius 3 is 2.81 bits per heavy atom. The molecule has 3 rings (SSSR count). The molecule has 1 aliphatic carbocycles. The lowest BCUT2D eigenvalue weighted by Crippen LogP contribution is -2.21. The second-order valence-corrected chi connectivity index (χ2v) is 4.84. The highest BCUT2D eigenvalue weighted by Crippen LogP contribution is 2.44. The van der Waals surface area contributed by atoms with Crippen molar-refractivity contribution in [1.29, 1.82) is 5.26 Å². The molecule has 1 aliphatic heterocycles. The van der Waals surface area contributed by atoms with Gasteiger partial charge >= 0.3 is 0 Å². The van der Waals surface area contributed by atoms with Crippen LogP contribution in [0.15, 0.2) is 18.2 Å². The van der Waals surface area contributed by atoms with Crippen molar-refractivity contribution in [3.05, 3.63) is 28.8 Å². The third-order valence-electron chi connectivity index (χ3n) is 3.54. The summed E-state index contributed by atoms with van der Waals surface area (Å²) in [5, 5.41) is 16.4. The first-order valence-electron chi connectivity index (χ1n) is 5.47. The number of rotatable bonds is 2. The minimum absolute atomic E-state index is 0.520. The van der Waals surface area contributed by atoms with E-state index in [-0.39, 0.29) is 0 Å². The molecule has 1 aromatic rings. The zero-order valence-electron chi connectivity index (χ0n) is 8.70. The number of nitrogens with one attached hydrogen (secondary N) is 2. The highest BCUT2D eigenvalue weighted by molar-refractivity contribution is 6.32. The lowest BCUT2D eigenvalue weighted by atomic mass is 10.2. The fourth-order valence-corrected chi connectivity index (χ4v) is 2.79. The number of fused-ring (bicyclic) bond motifs is 1. The maximum absolute atomic E-state index is 9.05. The molecule has 1 heterocycles. The van der Waals surface area contributed by atoms with Gasteiger partial charge in [0.05, 0.1) is 16.3 Å². The molecule has 2 N–H and O–H groups in total. The third-order valence-corrected chi connectivity index (χ3v) is 3.85. The van der Waals surface area contributed by atoms with E-state index in [0.29, 0.717) is 16.6 Å². The highest BCUT2D eigenvalue weighted by Gasteiger charge is 2.53. The first-order valence-corrected chi connectivity index (χ1v) is 5.85. The Bertz CT molecular complexity index is 456. The molecule has 2 atom stereocenters. The molecule has 0 amide bonds. The van der Waals surface area contributed by atoms with E-state index in [1.807, 2.05) is 12.1 Å². The van der Waals surface area contributed by atoms with Crippen LogP contribution in [0.25, 0.3) is 0 Å². The average molecular weight is 234 g/mol. The zero-order chi connectivity index (χ0) is 11.1. The molecular weight excluding hydrogens is 222 g/mol. The van der Waals surface area contributed by atoms with Gasteiger partial charge in [-0.2, -0.15) is 5.26 Å². The van der Waals surface area contributed by atoms with Crippen molar-refractivity contribution in [2.24, 2.45) is 11.8 Å². The van der Waals surface area contributed by atoms with Crippen LogP contribution in [0.1, 0.15) is 5.56 Å². The van der Waals surface area contributed by atoms with E-state index in [0.717, 1.165) is 30.6 Å². The number of anilines is 1. The average Bonchev–Trinajstić information content (AvgIpc) is 2.75. The second kappa shape index (κ2) is 3.65. The molecule has 0 spiro atoms. The molecule has 4 heteroatoms. The third kappa shape index (κ3) is 1.46. The summed E-state index contributed by atoms with van der Waals surface area (Å²) in [5.74, 6) is 1.45. The molecule has 1 aromatic carbocycles. The number of hydrogen-bond donors (Lipinski definition) is 2. The summed E-state index contributed by atoms with van der Waals surface area (Å²) >= 11 is 5.98. The zero-order valence-corrected chi connectivity index (χ0v) is 9.46. The maximum Gasteiger partial charge on any atom is 0.103 e. The normalized spacial score (nSPS) is 30.6. The standard InChI is InChI=1S/C12H12ClN3/c13-10-2-1-3-11(7(10)4-14)16-12-8-5-15-6-9(8)12/h1-3,8-9,12,15-16H,5-6H2. The second-order valence-electron chi connectivity index (χ2n) is 4.43. The van der Waals surface area contributed by atoms with Gasteiger partial charge in [0.25, 0.3) is 0 Å². The van der Waals surface area contributed by atoms with Crippen molar-refractivity contribution >= 4 is 17.3 Å². The first-order chi connectivity index (χ1) is 7.81. The van der Waals surface area contributed by atoms with Gasteiger partial charge in [0, 0.05) is 19.1 Å². The maximum atomic E-state index is 9.05. The molecule has 0 radical (unpaired) electrons. The van der Waals surface area contributed by atoms with Gasteiger partial charge in [-0.15, -0.1) is 0 Å². The number of nitriles is 1. The number of nitrogens with zero attached hydrogens (tertiary/aromatic N) is 1. The van der Waals surface area contributed by atoms with Crippen LogP contribution in [0, 0.1) is 23.2 Å². The predicted octanol–water partition coefficient (Wildman–Crippen LogP) is 1.84. The SMILES string of the molecule is N#Cc1c(Cl)cccc1NC1C2CNCC21. The van der Waals surface area contributed by atoms with E-state index in [2.05, 4.69) is 16.7 Å². The van der Waals surface area contributed by atoms with Gasteiger partial charge in [0.2, 0.25) is 0 Å². The Labute approximate surface area is 99.4 Å². The van der Waals surface area contributed by atoms with Gasteiger partial charge in [0.15, 0.2) is 0 Å². The van der Waals surface area contributed by atoms with Crippen LogP contribution in [0.4, 0.5) is 5.69 Å². The van der Waals surface area contributed by atoms with Gasteiger partial charge in [-0.3, -0.25) is 0 Å². The van der Waals surface area contributed by atoms with Crippen molar-refractivity contribution in [1.82, 2.24) is 5.32 Å². The molecule has 2 unspecified atom stereocenters. The number of piperidine rings is 1. The van der Waals surface area contributed by atoms with Crippen molar-refractivity contribution in [2.45, 2.75) is 6.04 Å². The topological polar surface area (TPSA) is 47.9 Å². The van der Waals surface area contributed by atoms with Crippen LogP contribution in [0.2, 0.25) is 5.02 Å². The van der Waals surface area contributed by atoms with E-state index in [1.54, 1.807) is 6.07 Å². The predicted molar refractivity (Wildman–Crippen MR) is 63.4 cm³/mol. The number of hydrogen-bond acceptors (Lipinski definition) is 3. The summed E-state index contributed by atoms with van der Waals surface area (Å²) in [6, 6.07) is 8.22. The Hall–Kier alpha value is -1.24. The van der Waals surface area contributed by atoms with Crippen LogP contribution < -0.4 is 10.6 Å². The fraction of sp³-hybridized carbons (Fsp3) is 0.417. The summed E-state index contributed by atoms with van der Waals surface area (Å²) in [7, 11) is 0. The molecule has 2 aliphatic rings. The van der Waals surface area contributed by atoms with Crippen molar-refractivity contribution in [2.75, 3.05) is 18.4 Å². The van der Waals surface area contributed by atoms with Crippen molar-refractivity contribution in [3.63, 3.8) is 0 Å². The van der Waals surface area contributed by atoms with Gasteiger partial charge in [0.1, 0.15) is 6.07 Å². The summed E-state index contributed by atoms with van der Waals surface area (Å²) in [5.41, 5.74) is 1.43. The number of halogens is 1. The van der Waals surface area contributed by atoms with Crippen molar-refractivity contribution in [3.8, 4) is 6.07 Å². The molecule has 1 saturated carbocycles. The summed E-state index contributed by atoms with van der Waals surface area (Å²) in [6.45, 7) is 2.18. The molecule has 3 nitrogen and oxygen atoms in total. The largest absolute Gasteiger partial charge is 0.381 e. The molecule has 2 fully saturated rings. The smallest absolute Gasteiger partial charge is 0.103 e. The molecule has 82 valence electrons. The Balaban J connectivity index is 1.80. The van der Waals surface area contributed by atoms with E-state index >= 15 is 0 Å². The Morgan fingerprint density at radius 1 is 1.38 bits per heavy atom. The van der Waals surface area contributed by atoms with Gasteiger partial charge < -0.3 is 10.6 Å².